The van der Waals surface area contributed by atoms with Crippen LogP contribution < -0.4 is 10.5 Å². The highest BCUT2D eigenvalue weighted by atomic mass is 35.5. The highest BCUT2D eigenvalue weighted by molar-refractivity contribution is 5.85. The van der Waals surface area contributed by atoms with Crippen molar-refractivity contribution in [2.75, 3.05) is 0 Å². The first kappa shape index (κ1) is 11.3. The van der Waals surface area contributed by atoms with Gasteiger partial charge in [0, 0.05) is 0 Å². The number of hydrogen-bond donors (Lipinski definition) is 1. The Morgan fingerprint density at radius 3 is 2.17 bits per heavy atom. The number of rotatable bonds is 2. The molecule has 0 aliphatic heterocycles. The van der Waals surface area contributed by atoms with E-state index in [1.54, 1.807) is 6.92 Å². The Bertz CT molecular complexity index is 220. The number of benzene rings is 1. The van der Waals surface area contributed by atoms with Gasteiger partial charge in [0.15, 0.2) is 0 Å². The predicted octanol–water partition coefficient (Wildman–Crippen LogP) is 2.10. The second kappa shape index (κ2) is 5.01. The summed E-state index contributed by atoms with van der Waals surface area (Å²) in [5.74, 6) is 0.825. The van der Waals surface area contributed by atoms with Gasteiger partial charge in [0.05, 0.1) is 0 Å². The minimum Gasteiger partial charge on any atom is -0.476 e. The van der Waals surface area contributed by atoms with Gasteiger partial charge in [0.1, 0.15) is 12.0 Å². The SMILES string of the molecule is Cc1ccc(OC(C)N)cc1.Cl. The number of aryl methyl sites for hydroxylation is 1. The lowest BCUT2D eigenvalue weighted by Crippen LogP contribution is -2.22. The molecule has 0 heterocycles. The minimum atomic E-state index is -0.238. The van der Waals surface area contributed by atoms with Gasteiger partial charge in [0.25, 0.3) is 0 Å². The van der Waals surface area contributed by atoms with Gasteiger partial charge < -0.3 is 4.74 Å². The van der Waals surface area contributed by atoms with Crippen LogP contribution in [0.3, 0.4) is 0 Å². The standard InChI is InChI=1S/C9H13NO.ClH/c1-7-3-5-9(6-4-7)11-8(2)10;/h3-6,8H,10H2,1-2H3;1H. The zero-order valence-electron chi connectivity index (χ0n) is 7.28. The largest absolute Gasteiger partial charge is 0.476 e. The Balaban J connectivity index is 0.00000121. The maximum atomic E-state index is 5.44. The van der Waals surface area contributed by atoms with Crippen LogP contribution in [-0.4, -0.2) is 6.23 Å². The molecule has 0 bridgehead atoms. The van der Waals surface area contributed by atoms with E-state index in [-0.39, 0.29) is 18.6 Å². The summed E-state index contributed by atoms with van der Waals surface area (Å²) in [6.07, 6.45) is -0.238. The summed E-state index contributed by atoms with van der Waals surface area (Å²) in [7, 11) is 0. The fourth-order valence-electron chi connectivity index (χ4n) is 0.831. The third kappa shape index (κ3) is 3.60. The Morgan fingerprint density at radius 1 is 1.25 bits per heavy atom. The van der Waals surface area contributed by atoms with Gasteiger partial charge in [-0.15, -0.1) is 12.4 Å². The number of ether oxygens (including phenoxy) is 1. The van der Waals surface area contributed by atoms with Crippen molar-refractivity contribution < 1.29 is 4.74 Å². The molecule has 0 radical (unpaired) electrons. The molecule has 0 fully saturated rings. The van der Waals surface area contributed by atoms with E-state index in [0.29, 0.717) is 0 Å². The molecule has 0 saturated carbocycles. The summed E-state index contributed by atoms with van der Waals surface area (Å²) in [6.45, 7) is 3.84. The van der Waals surface area contributed by atoms with Gasteiger partial charge in [0.2, 0.25) is 0 Å². The summed E-state index contributed by atoms with van der Waals surface area (Å²) >= 11 is 0. The lowest BCUT2D eigenvalue weighted by Gasteiger charge is -2.08. The quantitative estimate of drug-likeness (QED) is 0.720. The van der Waals surface area contributed by atoms with Crippen LogP contribution in [0, 0.1) is 6.92 Å². The zero-order chi connectivity index (χ0) is 8.27. The lowest BCUT2D eigenvalue weighted by molar-refractivity contribution is 0.230. The number of halogens is 1. The average Bonchev–Trinajstić information content (AvgIpc) is 1.93. The molecule has 1 aromatic carbocycles. The van der Waals surface area contributed by atoms with Gasteiger partial charge in [-0.3, -0.25) is 5.73 Å². The van der Waals surface area contributed by atoms with Crippen molar-refractivity contribution in [3.63, 3.8) is 0 Å². The molecule has 1 rings (SSSR count). The molecule has 68 valence electrons. The van der Waals surface area contributed by atoms with E-state index >= 15 is 0 Å². The molecule has 1 aromatic rings. The van der Waals surface area contributed by atoms with Crippen LogP contribution >= 0.6 is 12.4 Å². The van der Waals surface area contributed by atoms with Crippen molar-refractivity contribution >= 4 is 12.4 Å². The topological polar surface area (TPSA) is 35.2 Å². The van der Waals surface area contributed by atoms with Crippen LogP contribution in [0.1, 0.15) is 12.5 Å². The van der Waals surface area contributed by atoms with Crippen LogP contribution in [0.25, 0.3) is 0 Å². The molecule has 0 aromatic heterocycles. The van der Waals surface area contributed by atoms with Crippen molar-refractivity contribution in [2.24, 2.45) is 5.73 Å². The molecule has 12 heavy (non-hydrogen) atoms. The fourth-order valence-corrected chi connectivity index (χ4v) is 0.831. The first-order valence-corrected chi connectivity index (χ1v) is 3.67. The molecule has 0 amide bonds. The maximum Gasteiger partial charge on any atom is 0.144 e. The van der Waals surface area contributed by atoms with Crippen LogP contribution in [-0.2, 0) is 0 Å². The van der Waals surface area contributed by atoms with Crippen molar-refractivity contribution in [1.82, 2.24) is 0 Å². The summed E-state index contributed by atoms with van der Waals surface area (Å²) in [6, 6.07) is 7.83. The fraction of sp³-hybridized carbons (Fsp3) is 0.333. The molecule has 0 spiro atoms. The Hall–Kier alpha value is -0.730. The number of hydrogen-bond acceptors (Lipinski definition) is 2. The third-order valence-electron chi connectivity index (χ3n) is 1.34. The van der Waals surface area contributed by atoms with E-state index in [4.69, 9.17) is 10.5 Å². The average molecular weight is 188 g/mol. The van der Waals surface area contributed by atoms with Crippen molar-refractivity contribution in [3.8, 4) is 5.75 Å². The molecule has 1 atom stereocenters. The van der Waals surface area contributed by atoms with Crippen LogP contribution in [0.5, 0.6) is 5.75 Å². The first-order chi connectivity index (χ1) is 5.18. The molecule has 0 aliphatic carbocycles. The molecule has 0 saturated heterocycles. The Morgan fingerprint density at radius 2 is 1.75 bits per heavy atom. The van der Waals surface area contributed by atoms with Crippen molar-refractivity contribution in [3.05, 3.63) is 29.8 Å². The van der Waals surface area contributed by atoms with E-state index < -0.39 is 0 Å². The summed E-state index contributed by atoms with van der Waals surface area (Å²) in [4.78, 5) is 0. The summed E-state index contributed by atoms with van der Waals surface area (Å²) in [5.41, 5.74) is 6.66. The summed E-state index contributed by atoms with van der Waals surface area (Å²) < 4.78 is 5.25. The molecule has 0 aliphatic rings. The van der Waals surface area contributed by atoms with Crippen LogP contribution in [0.15, 0.2) is 24.3 Å². The Kier molecular flexibility index (Phi) is 4.71. The number of nitrogens with two attached hydrogens (primary N) is 1. The van der Waals surface area contributed by atoms with Crippen LogP contribution in [0.4, 0.5) is 0 Å². The molecule has 2 N–H and O–H groups in total. The van der Waals surface area contributed by atoms with E-state index in [9.17, 15) is 0 Å². The molecule has 2 nitrogen and oxygen atoms in total. The van der Waals surface area contributed by atoms with E-state index in [1.165, 1.54) is 5.56 Å². The summed E-state index contributed by atoms with van der Waals surface area (Å²) in [5, 5.41) is 0. The van der Waals surface area contributed by atoms with Gasteiger partial charge in [-0.25, -0.2) is 0 Å². The van der Waals surface area contributed by atoms with Gasteiger partial charge in [-0.2, -0.15) is 0 Å². The normalized spacial score (nSPS) is 11.6. The molecular formula is C9H14ClNO. The minimum absolute atomic E-state index is 0. The maximum absolute atomic E-state index is 5.44. The van der Waals surface area contributed by atoms with Gasteiger partial charge in [-0.1, -0.05) is 17.7 Å². The van der Waals surface area contributed by atoms with E-state index in [1.807, 2.05) is 31.2 Å². The smallest absolute Gasteiger partial charge is 0.144 e. The zero-order valence-corrected chi connectivity index (χ0v) is 8.10. The third-order valence-corrected chi connectivity index (χ3v) is 1.34. The monoisotopic (exact) mass is 187 g/mol. The lowest BCUT2D eigenvalue weighted by atomic mass is 10.2. The van der Waals surface area contributed by atoms with E-state index in [0.717, 1.165) is 5.75 Å². The van der Waals surface area contributed by atoms with Crippen molar-refractivity contribution in [1.29, 1.82) is 0 Å². The van der Waals surface area contributed by atoms with Crippen LogP contribution in [0.2, 0.25) is 0 Å². The predicted molar refractivity (Wildman–Crippen MR) is 52.7 cm³/mol. The highest BCUT2D eigenvalue weighted by Crippen LogP contribution is 2.11. The van der Waals surface area contributed by atoms with E-state index in [2.05, 4.69) is 0 Å². The first-order valence-electron chi connectivity index (χ1n) is 3.67. The van der Waals surface area contributed by atoms with Crippen molar-refractivity contribution in [2.45, 2.75) is 20.1 Å². The molecule has 1 unspecified atom stereocenters. The highest BCUT2D eigenvalue weighted by Gasteiger charge is 1.94. The second-order valence-corrected chi connectivity index (χ2v) is 2.64. The molecular weight excluding hydrogens is 174 g/mol. The van der Waals surface area contributed by atoms with Gasteiger partial charge >= 0.3 is 0 Å². The van der Waals surface area contributed by atoms with Gasteiger partial charge in [-0.05, 0) is 26.0 Å². The second-order valence-electron chi connectivity index (χ2n) is 2.64. The molecule has 3 heteroatoms. The Labute approximate surface area is 79.1 Å².